The van der Waals surface area contributed by atoms with Crippen molar-refractivity contribution in [2.75, 3.05) is 24.7 Å². The van der Waals surface area contributed by atoms with Gasteiger partial charge in [-0.2, -0.15) is 13.2 Å². The fourth-order valence-electron chi connectivity index (χ4n) is 3.48. The zero-order valence-corrected chi connectivity index (χ0v) is 21.0. The summed E-state index contributed by atoms with van der Waals surface area (Å²) in [6.45, 7) is 0. The van der Waals surface area contributed by atoms with Gasteiger partial charge in [0, 0.05) is 5.02 Å². The first kappa shape index (κ1) is 26.4. The molecule has 4 aromatic rings. The molecule has 0 aliphatic carbocycles. The van der Waals surface area contributed by atoms with Crippen molar-refractivity contribution >= 4 is 27.6 Å². The van der Waals surface area contributed by atoms with Crippen molar-refractivity contribution in [2.24, 2.45) is 0 Å². The molecule has 0 bridgehead atoms. The Bertz CT molecular complexity index is 1480. The molecular weight excluding hydrogens is 537 g/mol. The number of benzene rings is 2. The van der Waals surface area contributed by atoms with Crippen LogP contribution in [0.1, 0.15) is 11.3 Å². The maximum absolute atomic E-state index is 13.2. The molecule has 196 valence electrons. The Morgan fingerprint density at radius 2 is 1.65 bits per heavy atom. The van der Waals surface area contributed by atoms with Gasteiger partial charge in [-0.15, -0.1) is 10.2 Å². The van der Waals surface area contributed by atoms with Crippen LogP contribution in [0.25, 0.3) is 17.3 Å². The summed E-state index contributed by atoms with van der Waals surface area (Å²) in [5, 5.41) is 8.33. The monoisotopic (exact) mass is 556 g/mol. The summed E-state index contributed by atoms with van der Waals surface area (Å²) in [7, 11) is -1.26. The summed E-state index contributed by atoms with van der Waals surface area (Å²) in [5.74, 6) is -1.98. The molecule has 14 heteroatoms. The number of nitrogens with one attached hydrogen (secondary N) is 1. The normalized spacial score (nSPS) is 11.9. The van der Waals surface area contributed by atoms with E-state index in [1.807, 2.05) is 0 Å². The van der Waals surface area contributed by atoms with Gasteiger partial charge in [0.15, 0.2) is 5.76 Å². The summed E-state index contributed by atoms with van der Waals surface area (Å²) < 4.78 is 84.8. The predicted octanol–water partition coefficient (Wildman–Crippen LogP) is 5.20. The van der Waals surface area contributed by atoms with Crippen molar-refractivity contribution in [1.29, 1.82) is 0 Å². The summed E-state index contributed by atoms with van der Waals surface area (Å²) in [6.07, 6.45) is -4.57. The van der Waals surface area contributed by atoms with E-state index in [-0.39, 0.29) is 46.9 Å². The Labute approximate surface area is 214 Å². The molecule has 0 saturated carbocycles. The highest BCUT2D eigenvalue weighted by atomic mass is 35.5. The van der Waals surface area contributed by atoms with Crippen LogP contribution in [0.5, 0.6) is 11.5 Å². The number of sulfonamides is 1. The number of para-hydroxylation sites is 1. The summed E-state index contributed by atoms with van der Waals surface area (Å²) in [6, 6.07) is 13.2. The highest BCUT2D eigenvalue weighted by Crippen LogP contribution is 2.39. The molecule has 0 aliphatic rings. The Morgan fingerprint density at radius 1 is 1.00 bits per heavy atom. The summed E-state index contributed by atoms with van der Waals surface area (Å²) in [4.78, 5) is 0. The van der Waals surface area contributed by atoms with Gasteiger partial charge in [0.1, 0.15) is 17.2 Å². The molecule has 4 rings (SSSR count). The molecule has 0 radical (unpaired) electrons. The standard InChI is InChI=1S/C23H20ClF3N4O5S/c1-34-16-4-3-5-17(35-2)20(16)31-21(18-10-11-19(36-18)23(25,26)27)28-29-22(31)30-37(32,33)13-12-14-6-8-15(24)9-7-14/h3-11H,12-13H2,1-2H3,(H,29,30). The van der Waals surface area contributed by atoms with Crippen molar-refractivity contribution in [2.45, 2.75) is 12.6 Å². The minimum absolute atomic E-state index is 0.146. The fraction of sp³-hybridized carbons (Fsp3) is 0.217. The number of anilines is 1. The van der Waals surface area contributed by atoms with Crippen LogP contribution in [0.3, 0.4) is 0 Å². The smallest absolute Gasteiger partial charge is 0.449 e. The van der Waals surface area contributed by atoms with Crippen LogP contribution < -0.4 is 14.2 Å². The van der Waals surface area contributed by atoms with Crippen molar-refractivity contribution in [3.05, 3.63) is 70.9 Å². The van der Waals surface area contributed by atoms with Gasteiger partial charge in [0.05, 0.1) is 20.0 Å². The Morgan fingerprint density at radius 3 is 2.22 bits per heavy atom. The molecule has 0 amide bonds. The largest absolute Gasteiger partial charge is 0.494 e. The van der Waals surface area contributed by atoms with E-state index in [1.54, 1.807) is 42.5 Å². The molecule has 37 heavy (non-hydrogen) atoms. The van der Waals surface area contributed by atoms with Gasteiger partial charge in [0.25, 0.3) is 0 Å². The van der Waals surface area contributed by atoms with Crippen LogP contribution in [-0.2, 0) is 22.6 Å². The maximum Gasteiger partial charge on any atom is 0.449 e. The van der Waals surface area contributed by atoms with Crippen molar-refractivity contribution in [1.82, 2.24) is 14.8 Å². The van der Waals surface area contributed by atoms with E-state index in [0.717, 1.165) is 22.3 Å². The van der Waals surface area contributed by atoms with Crippen LogP contribution in [0.4, 0.5) is 19.1 Å². The number of halogens is 4. The van der Waals surface area contributed by atoms with Crippen LogP contribution in [0.15, 0.2) is 59.0 Å². The lowest BCUT2D eigenvalue weighted by molar-refractivity contribution is -0.152. The molecule has 0 spiro atoms. The number of ether oxygens (including phenoxy) is 2. The zero-order chi connectivity index (χ0) is 26.8. The van der Waals surface area contributed by atoms with E-state index in [0.29, 0.717) is 5.02 Å². The number of aromatic nitrogens is 3. The van der Waals surface area contributed by atoms with Crippen molar-refractivity contribution < 1.29 is 35.5 Å². The molecule has 0 unspecified atom stereocenters. The fourth-order valence-corrected chi connectivity index (χ4v) is 4.62. The first-order chi connectivity index (χ1) is 17.5. The quantitative estimate of drug-likeness (QED) is 0.302. The van der Waals surface area contributed by atoms with Gasteiger partial charge in [-0.1, -0.05) is 29.8 Å². The third-order valence-corrected chi connectivity index (χ3v) is 6.70. The predicted molar refractivity (Wildman–Crippen MR) is 130 cm³/mol. The third-order valence-electron chi connectivity index (χ3n) is 5.21. The second-order valence-corrected chi connectivity index (χ2v) is 9.93. The van der Waals surface area contributed by atoms with Gasteiger partial charge in [-0.3, -0.25) is 9.29 Å². The number of furan rings is 1. The minimum atomic E-state index is -4.74. The van der Waals surface area contributed by atoms with E-state index in [2.05, 4.69) is 14.9 Å². The first-order valence-electron chi connectivity index (χ1n) is 10.6. The molecule has 2 aromatic carbocycles. The summed E-state index contributed by atoms with van der Waals surface area (Å²) in [5.41, 5.74) is 0.881. The van der Waals surface area contributed by atoms with Crippen LogP contribution in [-0.4, -0.2) is 43.2 Å². The highest BCUT2D eigenvalue weighted by Gasteiger charge is 2.36. The van der Waals surface area contributed by atoms with E-state index < -0.39 is 22.0 Å². The molecule has 0 saturated heterocycles. The molecule has 2 heterocycles. The van der Waals surface area contributed by atoms with Gasteiger partial charge < -0.3 is 13.9 Å². The Hall–Kier alpha value is -3.71. The van der Waals surface area contributed by atoms with Gasteiger partial charge in [0.2, 0.25) is 27.6 Å². The Kier molecular flexibility index (Phi) is 7.37. The number of hydrogen-bond acceptors (Lipinski definition) is 7. The van der Waals surface area contributed by atoms with E-state index in [9.17, 15) is 21.6 Å². The number of methoxy groups -OCH3 is 2. The third kappa shape index (κ3) is 5.83. The second-order valence-electron chi connectivity index (χ2n) is 7.65. The molecule has 9 nitrogen and oxygen atoms in total. The molecule has 0 fully saturated rings. The minimum Gasteiger partial charge on any atom is -0.494 e. The van der Waals surface area contributed by atoms with Crippen molar-refractivity contribution in [3.8, 4) is 28.8 Å². The van der Waals surface area contributed by atoms with Crippen LogP contribution >= 0.6 is 11.6 Å². The molecule has 0 atom stereocenters. The molecule has 2 aromatic heterocycles. The van der Waals surface area contributed by atoms with Gasteiger partial charge >= 0.3 is 6.18 Å². The number of rotatable bonds is 9. The van der Waals surface area contributed by atoms with E-state index in [1.165, 1.54) is 14.2 Å². The zero-order valence-electron chi connectivity index (χ0n) is 19.4. The highest BCUT2D eigenvalue weighted by molar-refractivity contribution is 7.92. The summed E-state index contributed by atoms with van der Waals surface area (Å²) >= 11 is 5.87. The lowest BCUT2D eigenvalue weighted by atomic mass is 10.2. The molecule has 0 aliphatic heterocycles. The lowest BCUT2D eigenvalue weighted by Gasteiger charge is -2.17. The Balaban J connectivity index is 1.78. The number of nitrogens with zero attached hydrogens (tertiary/aromatic N) is 3. The van der Waals surface area contributed by atoms with Crippen molar-refractivity contribution in [3.63, 3.8) is 0 Å². The molecular formula is C23H20ClF3N4O5S. The topological polar surface area (TPSA) is 108 Å². The average molecular weight is 557 g/mol. The molecule has 1 N–H and O–H groups in total. The van der Waals surface area contributed by atoms with Crippen LogP contribution in [0.2, 0.25) is 5.02 Å². The number of hydrogen-bond donors (Lipinski definition) is 1. The van der Waals surface area contributed by atoms with Gasteiger partial charge in [-0.25, -0.2) is 8.42 Å². The van der Waals surface area contributed by atoms with E-state index >= 15 is 0 Å². The average Bonchev–Trinajstić information content (AvgIpc) is 3.50. The SMILES string of the molecule is COc1cccc(OC)c1-n1c(NS(=O)(=O)CCc2ccc(Cl)cc2)nnc1-c1ccc(C(F)(F)F)o1. The van der Waals surface area contributed by atoms with Gasteiger partial charge in [-0.05, 0) is 48.4 Å². The van der Waals surface area contributed by atoms with Crippen LogP contribution in [0, 0.1) is 0 Å². The maximum atomic E-state index is 13.2. The lowest BCUT2D eigenvalue weighted by Crippen LogP contribution is -2.21. The number of aryl methyl sites for hydroxylation is 1. The number of alkyl halides is 3. The second kappa shape index (κ2) is 10.3. The first-order valence-corrected chi connectivity index (χ1v) is 12.6. The van der Waals surface area contributed by atoms with E-state index in [4.69, 9.17) is 25.5 Å².